The van der Waals surface area contributed by atoms with E-state index >= 15 is 0 Å². The molecule has 0 radical (unpaired) electrons. The van der Waals surface area contributed by atoms with Crippen molar-refractivity contribution in [1.29, 1.82) is 0 Å². The Morgan fingerprint density at radius 2 is 1.80 bits per heavy atom. The molecule has 0 bridgehead atoms. The molecule has 3 aromatic rings. The predicted octanol–water partition coefficient (Wildman–Crippen LogP) is 4.13. The largest absolute Gasteiger partial charge is 0.573 e. The Bertz CT molecular complexity index is 735. The number of benzene rings is 1. The summed E-state index contributed by atoms with van der Waals surface area (Å²) in [7, 11) is 0. The molecule has 20 heavy (non-hydrogen) atoms. The van der Waals surface area contributed by atoms with Gasteiger partial charge in [0.15, 0.2) is 0 Å². The number of nitrogens with zero attached hydrogens (tertiary/aromatic N) is 1. The second-order valence-electron chi connectivity index (χ2n) is 4.15. The van der Waals surface area contributed by atoms with E-state index in [-0.39, 0.29) is 5.75 Å². The number of pyridine rings is 1. The molecule has 6 heteroatoms. The number of rotatable bonds is 2. The fraction of sp³-hybridized carbons (Fsp3) is 0.0714. The molecule has 0 fully saturated rings. The fourth-order valence-electron chi connectivity index (χ4n) is 2.03. The summed E-state index contributed by atoms with van der Waals surface area (Å²) in [6.07, 6.45) is -1.86. The number of H-pyrrole nitrogens is 1. The number of nitrogens with one attached hydrogen (secondary N) is 1. The van der Waals surface area contributed by atoms with Crippen LogP contribution in [0, 0.1) is 0 Å². The molecule has 1 aromatic carbocycles. The van der Waals surface area contributed by atoms with Gasteiger partial charge >= 0.3 is 6.36 Å². The van der Waals surface area contributed by atoms with Crippen LogP contribution >= 0.6 is 0 Å². The number of halogens is 3. The van der Waals surface area contributed by atoms with Gasteiger partial charge in [0.05, 0.1) is 5.39 Å². The van der Waals surface area contributed by atoms with Crippen LogP contribution in [-0.2, 0) is 0 Å². The van der Waals surface area contributed by atoms with Gasteiger partial charge in [-0.15, -0.1) is 13.2 Å². The summed E-state index contributed by atoms with van der Waals surface area (Å²) in [4.78, 5) is 6.87. The summed E-state index contributed by atoms with van der Waals surface area (Å²) in [5, 5.41) is 0.295. The first-order valence-corrected chi connectivity index (χ1v) is 5.82. The Kier molecular flexibility index (Phi) is 2.85. The van der Waals surface area contributed by atoms with Gasteiger partial charge < -0.3 is 9.72 Å². The maximum Gasteiger partial charge on any atom is 0.573 e. The lowest BCUT2D eigenvalue weighted by molar-refractivity contribution is -0.273. The molecule has 2 aromatic heterocycles. The second-order valence-corrected chi connectivity index (χ2v) is 4.15. The van der Waals surface area contributed by atoms with Gasteiger partial charge in [-0.25, -0.2) is 4.98 Å². The maximum atomic E-state index is 12.6. The van der Waals surface area contributed by atoms with Crippen LogP contribution in [0.2, 0.25) is 0 Å². The zero-order valence-electron chi connectivity index (χ0n) is 10.1. The number of hydrogen-bond acceptors (Lipinski definition) is 2. The maximum absolute atomic E-state index is 12.6. The first-order chi connectivity index (χ1) is 9.54. The molecule has 0 saturated carbocycles. The monoisotopic (exact) mass is 278 g/mol. The molecule has 102 valence electrons. The minimum absolute atomic E-state index is 0.241. The lowest BCUT2D eigenvalue weighted by atomic mass is 10.1. The van der Waals surface area contributed by atoms with E-state index in [4.69, 9.17) is 0 Å². The van der Waals surface area contributed by atoms with E-state index < -0.39 is 6.36 Å². The van der Waals surface area contributed by atoms with Crippen molar-refractivity contribution >= 4 is 11.0 Å². The van der Waals surface area contributed by atoms with Gasteiger partial charge in [0.1, 0.15) is 11.4 Å². The smallest absolute Gasteiger partial charge is 0.404 e. The van der Waals surface area contributed by atoms with E-state index in [9.17, 15) is 13.2 Å². The third-order valence-corrected chi connectivity index (χ3v) is 2.84. The minimum atomic E-state index is -4.75. The lowest BCUT2D eigenvalue weighted by Gasteiger charge is -2.14. The van der Waals surface area contributed by atoms with E-state index in [1.165, 1.54) is 18.5 Å². The standard InChI is InChI=1S/C14H9F3N2O/c15-14(16,17)20-12-10-6-7-18-13(10)19-8-11(12)9-4-2-1-3-5-9/h1-8H,(H,18,19). The number of alkyl halides is 3. The van der Waals surface area contributed by atoms with E-state index in [0.29, 0.717) is 22.2 Å². The second kappa shape index (κ2) is 4.56. The molecular formula is C14H9F3N2O. The molecule has 3 nitrogen and oxygen atoms in total. The van der Waals surface area contributed by atoms with Crippen LogP contribution in [0.5, 0.6) is 5.75 Å². The number of hydrogen-bond donors (Lipinski definition) is 1. The summed E-state index contributed by atoms with van der Waals surface area (Å²) < 4.78 is 42.1. The van der Waals surface area contributed by atoms with Crippen LogP contribution in [0.1, 0.15) is 0 Å². The van der Waals surface area contributed by atoms with Gasteiger partial charge in [0.25, 0.3) is 0 Å². The molecular weight excluding hydrogens is 269 g/mol. The third-order valence-electron chi connectivity index (χ3n) is 2.84. The highest BCUT2D eigenvalue weighted by atomic mass is 19.4. The average Bonchev–Trinajstić information content (AvgIpc) is 2.87. The molecule has 0 aliphatic heterocycles. The first-order valence-electron chi connectivity index (χ1n) is 5.82. The Morgan fingerprint density at radius 1 is 1.05 bits per heavy atom. The zero-order chi connectivity index (χ0) is 14.2. The van der Waals surface area contributed by atoms with Gasteiger partial charge in [-0.1, -0.05) is 30.3 Å². The molecule has 0 aliphatic carbocycles. The van der Waals surface area contributed by atoms with Crippen LogP contribution in [0.15, 0.2) is 48.8 Å². The molecule has 2 heterocycles. The topological polar surface area (TPSA) is 37.9 Å². The van der Waals surface area contributed by atoms with E-state index in [2.05, 4.69) is 14.7 Å². The van der Waals surface area contributed by atoms with Crippen LogP contribution in [0.4, 0.5) is 13.2 Å². The first kappa shape index (κ1) is 12.5. The molecule has 0 amide bonds. The Morgan fingerprint density at radius 3 is 2.50 bits per heavy atom. The van der Waals surface area contributed by atoms with Crippen LogP contribution < -0.4 is 4.74 Å². The summed E-state index contributed by atoms with van der Waals surface area (Å²) >= 11 is 0. The molecule has 3 rings (SSSR count). The molecule has 0 spiro atoms. The molecule has 0 unspecified atom stereocenters. The quantitative estimate of drug-likeness (QED) is 0.765. The van der Waals surface area contributed by atoms with Crippen LogP contribution in [0.25, 0.3) is 22.2 Å². The van der Waals surface area contributed by atoms with Gasteiger partial charge in [0.2, 0.25) is 0 Å². The highest BCUT2D eigenvalue weighted by Gasteiger charge is 2.33. The number of aromatic nitrogens is 2. The Hall–Kier alpha value is -2.50. The fourth-order valence-corrected chi connectivity index (χ4v) is 2.03. The van der Waals surface area contributed by atoms with Crippen molar-refractivity contribution in [2.24, 2.45) is 0 Å². The van der Waals surface area contributed by atoms with Crippen molar-refractivity contribution in [1.82, 2.24) is 9.97 Å². The molecule has 1 N–H and O–H groups in total. The number of fused-ring (bicyclic) bond motifs is 1. The van der Waals surface area contributed by atoms with Crippen molar-refractivity contribution in [3.05, 3.63) is 48.8 Å². The highest BCUT2D eigenvalue weighted by Crippen LogP contribution is 2.38. The summed E-state index contributed by atoms with van der Waals surface area (Å²) in [6, 6.07) is 10.2. The SMILES string of the molecule is FC(F)(F)Oc1c(-c2ccccc2)cnc2[nH]ccc12. The van der Waals surface area contributed by atoms with Crippen molar-refractivity contribution in [3.8, 4) is 16.9 Å². The van der Waals surface area contributed by atoms with E-state index in [1.54, 1.807) is 30.3 Å². The van der Waals surface area contributed by atoms with Gasteiger partial charge in [-0.3, -0.25) is 0 Å². The molecule has 0 atom stereocenters. The highest BCUT2D eigenvalue weighted by molar-refractivity contribution is 5.90. The van der Waals surface area contributed by atoms with Gasteiger partial charge in [-0.2, -0.15) is 0 Å². The van der Waals surface area contributed by atoms with Crippen LogP contribution in [-0.4, -0.2) is 16.3 Å². The van der Waals surface area contributed by atoms with E-state index in [0.717, 1.165) is 0 Å². The van der Waals surface area contributed by atoms with Gasteiger partial charge in [0, 0.05) is 18.0 Å². The zero-order valence-corrected chi connectivity index (χ0v) is 10.1. The number of ether oxygens (including phenoxy) is 1. The molecule has 0 aliphatic rings. The normalized spacial score (nSPS) is 11.8. The van der Waals surface area contributed by atoms with E-state index in [1.807, 2.05) is 0 Å². The lowest BCUT2D eigenvalue weighted by Crippen LogP contribution is -2.18. The van der Waals surface area contributed by atoms with Crippen LogP contribution in [0.3, 0.4) is 0 Å². The number of aromatic amines is 1. The predicted molar refractivity (Wildman–Crippen MR) is 68.2 cm³/mol. The summed E-state index contributed by atoms with van der Waals surface area (Å²) in [5.41, 5.74) is 1.27. The third kappa shape index (κ3) is 2.32. The summed E-state index contributed by atoms with van der Waals surface area (Å²) in [6.45, 7) is 0. The van der Waals surface area contributed by atoms with Crippen molar-refractivity contribution in [2.45, 2.75) is 6.36 Å². The molecule has 0 saturated heterocycles. The van der Waals surface area contributed by atoms with Crippen molar-refractivity contribution < 1.29 is 17.9 Å². The Labute approximate surface area is 112 Å². The minimum Gasteiger partial charge on any atom is -0.404 e. The summed E-state index contributed by atoms with van der Waals surface area (Å²) in [5.74, 6) is -0.241. The van der Waals surface area contributed by atoms with Crippen molar-refractivity contribution in [2.75, 3.05) is 0 Å². The average molecular weight is 278 g/mol. The van der Waals surface area contributed by atoms with Gasteiger partial charge in [-0.05, 0) is 11.6 Å². The van der Waals surface area contributed by atoms with Crippen molar-refractivity contribution in [3.63, 3.8) is 0 Å². The Balaban J connectivity index is 2.23.